The van der Waals surface area contributed by atoms with Crippen LogP contribution < -0.4 is 0 Å². The average molecular weight is 377 g/mol. The second-order valence-corrected chi connectivity index (χ2v) is 8.00. The van der Waals surface area contributed by atoms with Crippen LogP contribution in [0.3, 0.4) is 0 Å². The largest absolute Gasteiger partial charge is 0.0760 e. The third-order valence-corrected chi connectivity index (χ3v) is 5.96. The van der Waals surface area contributed by atoms with Crippen LogP contribution in [0.1, 0.15) is 42.0 Å². The van der Waals surface area contributed by atoms with Crippen LogP contribution in [-0.2, 0) is 5.41 Å². The predicted octanol–water partition coefficient (Wildman–Crippen LogP) is 7.44. The van der Waals surface area contributed by atoms with Crippen LogP contribution in [0.4, 0.5) is 0 Å². The second kappa shape index (κ2) is 8.49. The molecule has 0 heterocycles. The van der Waals surface area contributed by atoms with Gasteiger partial charge in [0, 0.05) is 5.92 Å². The molecule has 0 atom stereocenters. The molecule has 0 nitrogen and oxygen atoms in total. The quantitative estimate of drug-likeness (QED) is 0.406. The van der Waals surface area contributed by atoms with Gasteiger partial charge in [-0.3, -0.25) is 0 Å². The van der Waals surface area contributed by atoms with Gasteiger partial charge in [0.2, 0.25) is 0 Å². The molecular formula is C29H28. The van der Waals surface area contributed by atoms with Gasteiger partial charge in [-0.1, -0.05) is 135 Å². The van der Waals surface area contributed by atoms with Crippen molar-refractivity contribution < 1.29 is 0 Å². The van der Waals surface area contributed by atoms with Crippen molar-refractivity contribution in [1.82, 2.24) is 0 Å². The minimum absolute atomic E-state index is 0.201. The Kier molecular flexibility index (Phi) is 5.62. The van der Waals surface area contributed by atoms with E-state index in [9.17, 15) is 0 Å². The van der Waals surface area contributed by atoms with Crippen LogP contribution in [0.2, 0.25) is 0 Å². The molecule has 0 amide bonds. The minimum Gasteiger partial charge on any atom is -0.0760 e. The van der Waals surface area contributed by atoms with Gasteiger partial charge in [-0.05, 0) is 28.2 Å². The Hall–Kier alpha value is -3.12. The van der Waals surface area contributed by atoms with Crippen LogP contribution in [0, 0.1) is 5.92 Å². The molecule has 0 saturated carbocycles. The molecule has 0 radical (unpaired) electrons. The van der Waals surface area contributed by atoms with Crippen molar-refractivity contribution in [2.24, 2.45) is 5.92 Å². The monoisotopic (exact) mass is 376 g/mol. The van der Waals surface area contributed by atoms with Gasteiger partial charge in [0.1, 0.15) is 0 Å². The van der Waals surface area contributed by atoms with E-state index in [-0.39, 0.29) is 11.3 Å². The number of rotatable bonds is 5. The first-order chi connectivity index (χ1) is 14.2. The minimum atomic E-state index is -0.295. The van der Waals surface area contributed by atoms with E-state index in [2.05, 4.69) is 135 Å². The molecule has 3 aromatic carbocycles. The van der Waals surface area contributed by atoms with E-state index in [1.165, 1.54) is 22.3 Å². The topological polar surface area (TPSA) is 0 Å². The molecule has 1 aliphatic rings. The molecule has 4 rings (SSSR count). The van der Waals surface area contributed by atoms with Crippen LogP contribution in [0.25, 0.3) is 0 Å². The highest BCUT2D eigenvalue weighted by Gasteiger charge is 2.41. The summed E-state index contributed by atoms with van der Waals surface area (Å²) < 4.78 is 0. The number of hydrogen-bond donors (Lipinski definition) is 0. The van der Waals surface area contributed by atoms with Crippen LogP contribution in [-0.4, -0.2) is 0 Å². The summed E-state index contributed by atoms with van der Waals surface area (Å²) in [6.45, 7) is 4.50. The third kappa shape index (κ3) is 3.63. The molecule has 0 saturated heterocycles. The normalized spacial score (nSPS) is 14.3. The Labute approximate surface area is 174 Å². The zero-order chi connectivity index (χ0) is 20.1. The van der Waals surface area contributed by atoms with Gasteiger partial charge in [-0.15, -0.1) is 0 Å². The van der Waals surface area contributed by atoms with Crippen molar-refractivity contribution in [1.29, 1.82) is 0 Å². The van der Waals surface area contributed by atoms with E-state index in [0.717, 1.165) is 0 Å². The van der Waals surface area contributed by atoms with E-state index in [1.807, 2.05) is 0 Å². The van der Waals surface area contributed by atoms with Crippen LogP contribution >= 0.6 is 0 Å². The maximum atomic E-state index is 2.33. The molecule has 0 fully saturated rings. The fraction of sp³-hybridized carbons (Fsp3) is 0.172. The molecule has 0 aliphatic heterocycles. The molecule has 0 aromatic heterocycles. The lowest BCUT2D eigenvalue weighted by molar-refractivity contribution is 0.524. The first-order valence-electron chi connectivity index (χ1n) is 10.5. The fourth-order valence-electron chi connectivity index (χ4n) is 4.46. The zero-order valence-corrected chi connectivity index (χ0v) is 17.2. The zero-order valence-electron chi connectivity index (χ0n) is 17.2. The van der Waals surface area contributed by atoms with Gasteiger partial charge in [0.15, 0.2) is 0 Å². The fourth-order valence-corrected chi connectivity index (χ4v) is 4.46. The van der Waals surface area contributed by atoms with Gasteiger partial charge in [0.25, 0.3) is 0 Å². The lowest BCUT2D eigenvalue weighted by Crippen LogP contribution is -2.36. The predicted molar refractivity (Wildman–Crippen MR) is 124 cm³/mol. The van der Waals surface area contributed by atoms with E-state index in [4.69, 9.17) is 0 Å². The van der Waals surface area contributed by atoms with Gasteiger partial charge in [0.05, 0.1) is 5.41 Å². The average Bonchev–Trinajstić information content (AvgIpc) is 3.06. The lowest BCUT2D eigenvalue weighted by atomic mass is 9.61. The van der Waals surface area contributed by atoms with Crippen LogP contribution in [0.15, 0.2) is 121 Å². The molecule has 0 bridgehead atoms. The van der Waals surface area contributed by atoms with Crippen molar-refractivity contribution in [3.8, 4) is 0 Å². The van der Waals surface area contributed by atoms with E-state index >= 15 is 0 Å². The van der Waals surface area contributed by atoms with Crippen molar-refractivity contribution in [2.75, 3.05) is 0 Å². The number of hydrogen-bond acceptors (Lipinski definition) is 0. The molecule has 144 valence electrons. The van der Waals surface area contributed by atoms with E-state index < -0.39 is 0 Å². The summed E-state index contributed by atoms with van der Waals surface area (Å²) >= 11 is 0. The summed E-state index contributed by atoms with van der Waals surface area (Å²) in [5.74, 6) is 0.723. The van der Waals surface area contributed by atoms with Crippen molar-refractivity contribution in [3.63, 3.8) is 0 Å². The summed E-state index contributed by atoms with van der Waals surface area (Å²) in [5.41, 5.74) is 5.02. The molecular weight excluding hydrogens is 348 g/mol. The molecule has 29 heavy (non-hydrogen) atoms. The van der Waals surface area contributed by atoms with E-state index in [1.54, 1.807) is 0 Å². The van der Waals surface area contributed by atoms with Crippen molar-refractivity contribution in [2.45, 2.75) is 25.2 Å². The molecule has 0 heteroatoms. The Morgan fingerprint density at radius 3 is 1.45 bits per heavy atom. The first-order valence-corrected chi connectivity index (χ1v) is 10.5. The third-order valence-electron chi connectivity index (χ3n) is 5.96. The molecule has 0 unspecified atom stereocenters. The summed E-state index contributed by atoms with van der Waals surface area (Å²) in [6.07, 6.45) is 13.2. The van der Waals surface area contributed by atoms with Crippen molar-refractivity contribution >= 4 is 0 Å². The molecule has 0 N–H and O–H groups in total. The second-order valence-electron chi connectivity index (χ2n) is 8.00. The Bertz CT molecular complexity index is 947. The summed E-state index contributed by atoms with van der Waals surface area (Å²) in [6, 6.07) is 31.1. The highest BCUT2D eigenvalue weighted by Crippen LogP contribution is 2.47. The first kappa shape index (κ1) is 19.2. The molecule has 3 aromatic rings. The van der Waals surface area contributed by atoms with Gasteiger partial charge in [-0.25, -0.2) is 0 Å². The van der Waals surface area contributed by atoms with Crippen LogP contribution in [0.5, 0.6) is 0 Å². The number of allylic oxidation sites excluding steroid dienone is 6. The van der Waals surface area contributed by atoms with Gasteiger partial charge in [-0.2, -0.15) is 0 Å². The standard InChI is InChI=1S/C29H28/c1-23(2)24-19-21-28(22-20-24)29(26-15-9-5-10-16-26,27-17-11-6-12-18-27)25-13-7-3-4-8-14-25/h3-23,25H,1-2H3. The van der Waals surface area contributed by atoms with Crippen molar-refractivity contribution in [3.05, 3.63) is 144 Å². The summed E-state index contributed by atoms with van der Waals surface area (Å²) in [4.78, 5) is 0. The summed E-state index contributed by atoms with van der Waals surface area (Å²) in [5, 5.41) is 0. The Balaban J connectivity index is 2.03. The highest BCUT2D eigenvalue weighted by molar-refractivity contribution is 5.54. The summed E-state index contributed by atoms with van der Waals surface area (Å²) in [7, 11) is 0. The lowest BCUT2D eigenvalue weighted by Gasteiger charge is -2.40. The van der Waals surface area contributed by atoms with Gasteiger partial charge < -0.3 is 0 Å². The maximum Gasteiger partial charge on any atom is 0.0548 e. The SMILES string of the molecule is CC(C)c1ccc(C(c2ccccc2)(c2ccccc2)C2C=CC=CC=C2)cc1. The maximum absolute atomic E-state index is 2.33. The van der Waals surface area contributed by atoms with Gasteiger partial charge >= 0.3 is 0 Å². The highest BCUT2D eigenvalue weighted by atomic mass is 14.4. The smallest absolute Gasteiger partial charge is 0.0548 e. The molecule has 1 aliphatic carbocycles. The Morgan fingerprint density at radius 2 is 1.00 bits per heavy atom. The molecule has 0 spiro atoms. The number of benzene rings is 3. The van der Waals surface area contributed by atoms with E-state index in [0.29, 0.717) is 5.92 Å². The Morgan fingerprint density at radius 1 is 0.552 bits per heavy atom.